The summed E-state index contributed by atoms with van der Waals surface area (Å²) in [6, 6.07) is 8.12. The van der Waals surface area contributed by atoms with Crippen molar-refractivity contribution in [3.8, 4) is 6.07 Å². The SMILES string of the molecule is CC1(NS(=O)(=O)c2ccccc2C#N)CCNC1. The van der Waals surface area contributed by atoms with E-state index in [1.54, 1.807) is 12.1 Å². The first-order chi connectivity index (χ1) is 8.47. The van der Waals surface area contributed by atoms with Crippen molar-refractivity contribution >= 4 is 10.0 Å². The maximum absolute atomic E-state index is 12.3. The second-order valence-electron chi connectivity index (χ2n) is 4.70. The number of nitriles is 1. The van der Waals surface area contributed by atoms with Gasteiger partial charge >= 0.3 is 0 Å². The zero-order chi connectivity index (χ0) is 13.2. The zero-order valence-electron chi connectivity index (χ0n) is 10.1. The average Bonchev–Trinajstić information content (AvgIpc) is 2.74. The first-order valence-corrected chi connectivity index (χ1v) is 7.19. The number of nitrogens with one attached hydrogen (secondary N) is 2. The highest BCUT2D eigenvalue weighted by Crippen LogP contribution is 2.20. The van der Waals surface area contributed by atoms with Gasteiger partial charge in [0.25, 0.3) is 0 Å². The Labute approximate surface area is 107 Å². The molecule has 0 aliphatic carbocycles. The molecule has 6 heteroatoms. The first-order valence-electron chi connectivity index (χ1n) is 5.71. The van der Waals surface area contributed by atoms with Gasteiger partial charge in [-0.05, 0) is 32.0 Å². The normalized spacial score (nSPS) is 23.8. The highest BCUT2D eigenvalue weighted by atomic mass is 32.2. The molecule has 0 saturated carbocycles. The van der Waals surface area contributed by atoms with Crippen LogP contribution < -0.4 is 10.0 Å². The maximum Gasteiger partial charge on any atom is 0.242 e. The molecule has 0 spiro atoms. The highest BCUT2D eigenvalue weighted by molar-refractivity contribution is 7.89. The summed E-state index contributed by atoms with van der Waals surface area (Å²) in [6.07, 6.45) is 0.737. The molecule has 0 aromatic heterocycles. The molecule has 18 heavy (non-hydrogen) atoms. The minimum Gasteiger partial charge on any atom is -0.315 e. The van der Waals surface area contributed by atoms with Gasteiger partial charge in [0.2, 0.25) is 10.0 Å². The fourth-order valence-electron chi connectivity index (χ4n) is 2.08. The van der Waals surface area contributed by atoms with Crippen LogP contribution in [0.15, 0.2) is 29.2 Å². The van der Waals surface area contributed by atoms with Crippen molar-refractivity contribution in [2.24, 2.45) is 0 Å². The summed E-state index contributed by atoms with van der Waals surface area (Å²) in [6.45, 7) is 3.25. The molecule has 2 N–H and O–H groups in total. The molecular formula is C12H15N3O2S. The molecule has 0 amide bonds. The van der Waals surface area contributed by atoms with E-state index in [0.717, 1.165) is 13.0 Å². The molecule has 1 aliphatic heterocycles. The number of sulfonamides is 1. The Kier molecular flexibility index (Phi) is 3.39. The van der Waals surface area contributed by atoms with E-state index in [0.29, 0.717) is 6.54 Å². The molecule has 5 nitrogen and oxygen atoms in total. The molecule has 1 heterocycles. The lowest BCUT2D eigenvalue weighted by molar-refractivity contribution is 0.452. The Bertz CT molecular complexity index is 584. The lowest BCUT2D eigenvalue weighted by atomic mass is 10.0. The van der Waals surface area contributed by atoms with Crippen molar-refractivity contribution in [3.63, 3.8) is 0 Å². The van der Waals surface area contributed by atoms with E-state index in [1.807, 2.05) is 13.0 Å². The van der Waals surface area contributed by atoms with Crippen LogP contribution in [0.3, 0.4) is 0 Å². The van der Waals surface area contributed by atoms with E-state index in [9.17, 15) is 8.42 Å². The summed E-state index contributed by atoms with van der Waals surface area (Å²) in [4.78, 5) is 0.0422. The molecule has 1 aromatic rings. The first kappa shape index (κ1) is 13.0. The van der Waals surface area contributed by atoms with Gasteiger partial charge in [-0.2, -0.15) is 5.26 Å². The Balaban J connectivity index is 2.34. The average molecular weight is 265 g/mol. The third kappa shape index (κ3) is 2.53. The van der Waals surface area contributed by atoms with Gasteiger partial charge in [0.1, 0.15) is 6.07 Å². The van der Waals surface area contributed by atoms with Crippen LogP contribution in [-0.4, -0.2) is 27.0 Å². The monoisotopic (exact) mass is 265 g/mol. The fourth-order valence-corrected chi connectivity index (χ4v) is 3.67. The summed E-state index contributed by atoms with van der Waals surface area (Å²) >= 11 is 0. The van der Waals surface area contributed by atoms with Crippen LogP contribution in [-0.2, 0) is 10.0 Å². The molecule has 1 aromatic carbocycles. The number of nitrogens with zero attached hydrogens (tertiary/aromatic N) is 1. The van der Waals surface area contributed by atoms with Gasteiger partial charge in [-0.15, -0.1) is 0 Å². The van der Waals surface area contributed by atoms with Gasteiger partial charge in [0.05, 0.1) is 10.5 Å². The van der Waals surface area contributed by atoms with E-state index in [-0.39, 0.29) is 10.5 Å². The van der Waals surface area contributed by atoms with E-state index in [4.69, 9.17) is 5.26 Å². The summed E-state index contributed by atoms with van der Waals surface area (Å²) < 4.78 is 27.2. The van der Waals surface area contributed by atoms with Crippen LogP contribution in [0.5, 0.6) is 0 Å². The largest absolute Gasteiger partial charge is 0.315 e. The third-order valence-electron chi connectivity index (χ3n) is 3.05. The molecule has 1 unspecified atom stereocenters. The zero-order valence-corrected chi connectivity index (χ0v) is 10.9. The standard InChI is InChI=1S/C12H15N3O2S/c1-12(6-7-14-9-12)15-18(16,17)11-5-3-2-4-10(11)8-13/h2-5,14-15H,6-7,9H2,1H3. The number of hydrogen-bond acceptors (Lipinski definition) is 4. The lowest BCUT2D eigenvalue weighted by Crippen LogP contribution is -2.47. The van der Waals surface area contributed by atoms with Crippen molar-refractivity contribution in [1.82, 2.24) is 10.0 Å². The van der Waals surface area contributed by atoms with Crippen LogP contribution in [0, 0.1) is 11.3 Å². The summed E-state index contributed by atoms with van der Waals surface area (Å²) in [5.74, 6) is 0. The smallest absolute Gasteiger partial charge is 0.242 e. The number of hydrogen-bond donors (Lipinski definition) is 2. The van der Waals surface area contributed by atoms with Crippen LogP contribution in [0.1, 0.15) is 18.9 Å². The Morgan fingerprint density at radius 2 is 2.17 bits per heavy atom. The fraction of sp³-hybridized carbons (Fsp3) is 0.417. The molecule has 2 rings (SSSR count). The number of benzene rings is 1. The van der Waals surface area contributed by atoms with Gasteiger partial charge in [-0.25, -0.2) is 13.1 Å². The van der Waals surface area contributed by atoms with E-state index >= 15 is 0 Å². The van der Waals surface area contributed by atoms with E-state index in [2.05, 4.69) is 10.0 Å². The quantitative estimate of drug-likeness (QED) is 0.838. The van der Waals surface area contributed by atoms with E-state index in [1.165, 1.54) is 12.1 Å². The predicted molar refractivity (Wildman–Crippen MR) is 67.4 cm³/mol. The summed E-state index contributed by atoms with van der Waals surface area (Å²) in [5.41, 5.74) is -0.318. The minimum atomic E-state index is -3.66. The van der Waals surface area contributed by atoms with Crippen molar-refractivity contribution in [2.45, 2.75) is 23.8 Å². The molecule has 0 bridgehead atoms. The summed E-state index contributed by atoms with van der Waals surface area (Å²) in [7, 11) is -3.66. The Morgan fingerprint density at radius 3 is 2.78 bits per heavy atom. The van der Waals surface area contributed by atoms with Gasteiger partial charge in [-0.1, -0.05) is 12.1 Å². The second kappa shape index (κ2) is 4.69. The molecule has 96 valence electrons. The van der Waals surface area contributed by atoms with E-state index < -0.39 is 15.6 Å². The molecule has 1 aliphatic rings. The van der Waals surface area contributed by atoms with Crippen LogP contribution in [0.25, 0.3) is 0 Å². The topological polar surface area (TPSA) is 82.0 Å². The second-order valence-corrected chi connectivity index (χ2v) is 6.35. The predicted octanol–water partition coefficient (Wildman–Crippen LogP) is 0.589. The molecule has 1 fully saturated rings. The minimum absolute atomic E-state index is 0.0422. The van der Waals surface area contributed by atoms with Crippen LogP contribution >= 0.6 is 0 Å². The lowest BCUT2D eigenvalue weighted by Gasteiger charge is -2.24. The van der Waals surface area contributed by atoms with Crippen molar-refractivity contribution < 1.29 is 8.42 Å². The molecule has 1 saturated heterocycles. The third-order valence-corrected chi connectivity index (χ3v) is 4.74. The van der Waals surface area contributed by atoms with Gasteiger partial charge in [0.15, 0.2) is 0 Å². The Morgan fingerprint density at radius 1 is 1.44 bits per heavy atom. The summed E-state index contributed by atoms with van der Waals surface area (Å²) in [5, 5.41) is 12.1. The van der Waals surface area contributed by atoms with Gasteiger partial charge in [0, 0.05) is 12.1 Å². The molecular weight excluding hydrogens is 250 g/mol. The number of rotatable bonds is 3. The highest BCUT2D eigenvalue weighted by Gasteiger charge is 2.34. The van der Waals surface area contributed by atoms with Gasteiger partial charge < -0.3 is 5.32 Å². The van der Waals surface area contributed by atoms with Crippen molar-refractivity contribution in [3.05, 3.63) is 29.8 Å². The maximum atomic E-state index is 12.3. The van der Waals surface area contributed by atoms with Crippen molar-refractivity contribution in [1.29, 1.82) is 5.26 Å². The van der Waals surface area contributed by atoms with Crippen molar-refractivity contribution in [2.75, 3.05) is 13.1 Å². The molecule has 0 radical (unpaired) electrons. The van der Waals surface area contributed by atoms with Crippen LogP contribution in [0.2, 0.25) is 0 Å². The Hall–Kier alpha value is -1.42. The van der Waals surface area contributed by atoms with Crippen LogP contribution in [0.4, 0.5) is 0 Å². The molecule has 1 atom stereocenters. The van der Waals surface area contributed by atoms with Gasteiger partial charge in [-0.3, -0.25) is 0 Å².